The van der Waals surface area contributed by atoms with E-state index in [1.54, 1.807) is 11.0 Å². The van der Waals surface area contributed by atoms with E-state index in [2.05, 4.69) is 15.4 Å². The Labute approximate surface area is 152 Å². The van der Waals surface area contributed by atoms with Gasteiger partial charge in [-0.3, -0.25) is 4.79 Å². The van der Waals surface area contributed by atoms with Gasteiger partial charge in [-0.05, 0) is 13.0 Å². The largest absolute Gasteiger partial charge is 0.487 e. The number of nitrogens with zero attached hydrogens (tertiary/aromatic N) is 3. The highest BCUT2D eigenvalue weighted by atomic mass is 16.5. The summed E-state index contributed by atoms with van der Waals surface area (Å²) in [5.41, 5.74) is 0.800. The van der Waals surface area contributed by atoms with Crippen molar-refractivity contribution in [1.29, 1.82) is 0 Å². The lowest BCUT2D eigenvalue weighted by molar-refractivity contribution is -0.123. The maximum atomic E-state index is 12.7. The maximum Gasteiger partial charge on any atom is 0.222 e. The van der Waals surface area contributed by atoms with Gasteiger partial charge >= 0.3 is 0 Å². The molecule has 7 nitrogen and oxygen atoms in total. The zero-order valence-electron chi connectivity index (χ0n) is 14.9. The number of hydrogen-bond donors (Lipinski definition) is 1. The van der Waals surface area contributed by atoms with Crippen molar-refractivity contribution < 1.29 is 14.3 Å². The van der Waals surface area contributed by atoms with Crippen LogP contribution >= 0.6 is 0 Å². The molecule has 0 unspecified atom stereocenters. The van der Waals surface area contributed by atoms with E-state index in [0.717, 1.165) is 30.6 Å². The summed E-state index contributed by atoms with van der Waals surface area (Å²) >= 11 is 0. The van der Waals surface area contributed by atoms with Gasteiger partial charge in [0.25, 0.3) is 0 Å². The lowest BCUT2D eigenvalue weighted by atomic mass is 9.82. The highest BCUT2D eigenvalue weighted by Gasteiger charge is 2.42. The molecule has 1 amide bonds. The van der Waals surface area contributed by atoms with Crippen molar-refractivity contribution in [2.75, 3.05) is 13.2 Å². The van der Waals surface area contributed by atoms with Gasteiger partial charge in [-0.1, -0.05) is 18.2 Å². The maximum absolute atomic E-state index is 12.7. The zero-order chi connectivity index (χ0) is 18.0. The Hall–Kier alpha value is -2.41. The molecule has 0 bridgehead atoms. The third-order valence-electron chi connectivity index (χ3n) is 5.31. The fourth-order valence-corrected chi connectivity index (χ4v) is 3.86. The smallest absolute Gasteiger partial charge is 0.222 e. The monoisotopic (exact) mass is 356 g/mol. The van der Waals surface area contributed by atoms with Gasteiger partial charge in [0.2, 0.25) is 5.91 Å². The Morgan fingerprint density at radius 1 is 1.38 bits per heavy atom. The number of para-hydroxylation sites is 1. The fourth-order valence-electron chi connectivity index (χ4n) is 3.86. The number of benzene rings is 1. The fraction of sp³-hybridized carbons (Fsp3) is 0.526. The number of hydrogen-bond acceptors (Lipinski definition) is 5. The predicted molar refractivity (Wildman–Crippen MR) is 94.7 cm³/mol. The number of ether oxygens (including phenoxy) is 2. The first-order chi connectivity index (χ1) is 12.7. The summed E-state index contributed by atoms with van der Waals surface area (Å²) in [6, 6.07) is 7.90. The molecule has 0 aliphatic carbocycles. The summed E-state index contributed by atoms with van der Waals surface area (Å²) < 4.78 is 13.6. The highest BCUT2D eigenvalue weighted by molar-refractivity contribution is 5.77. The molecular formula is C19H24N4O3. The summed E-state index contributed by atoms with van der Waals surface area (Å²) in [7, 11) is 0. The summed E-state index contributed by atoms with van der Waals surface area (Å²) in [6.07, 6.45) is 5.96. The van der Waals surface area contributed by atoms with Crippen LogP contribution in [0.25, 0.3) is 0 Å². The third kappa shape index (κ3) is 3.44. The zero-order valence-corrected chi connectivity index (χ0v) is 14.9. The van der Waals surface area contributed by atoms with Crippen molar-refractivity contribution in [3.05, 3.63) is 42.5 Å². The Morgan fingerprint density at radius 2 is 2.19 bits per heavy atom. The molecule has 0 saturated carbocycles. The number of rotatable bonds is 4. The van der Waals surface area contributed by atoms with Gasteiger partial charge in [0.1, 0.15) is 24.0 Å². The van der Waals surface area contributed by atoms with E-state index in [0.29, 0.717) is 19.6 Å². The topological polar surface area (TPSA) is 78.3 Å². The summed E-state index contributed by atoms with van der Waals surface area (Å²) in [5.74, 6) is 0.882. The van der Waals surface area contributed by atoms with Gasteiger partial charge in [-0.15, -0.1) is 0 Å². The number of carbonyl (C=O) groups excluding carboxylic acids is 1. The van der Waals surface area contributed by atoms with Crippen LogP contribution in [-0.2, 0) is 9.53 Å². The van der Waals surface area contributed by atoms with Crippen LogP contribution in [0.5, 0.6) is 5.75 Å². The first-order valence-electron chi connectivity index (χ1n) is 9.14. The van der Waals surface area contributed by atoms with Crippen molar-refractivity contribution >= 4 is 5.91 Å². The molecule has 1 N–H and O–H groups in total. The molecule has 2 aromatic rings. The SMILES string of the molecule is C[C@@H](CC(=O)N[C@H]1CC2(CCOCC2)Oc2ccccc21)n1cncn1. The van der Waals surface area contributed by atoms with Crippen LogP contribution < -0.4 is 10.1 Å². The molecule has 2 aliphatic rings. The van der Waals surface area contributed by atoms with Crippen molar-refractivity contribution in [1.82, 2.24) is 20.1 Å². The van der Waals surface area contributed by atoms with Crippen molar-refractivity contribution in [2.24, 2.45) is 0 Å². The number of nitrogens with one attached hydrogen (secondary N) is 1. The standard InChI is InChI=1S/C19H24N4O3/c1-14(23-13-20-12-21-23)10-18(24)22-16-11-19(6-8-25-9-7-19)26-17-5-3-2-4-15(16)17/h2-5,12-14,16H,6-11H2,1H3,(H,22,24)/t14-,16-/m0/s1. The van der Waals surface area contributed by atoms with Crippen LogP contribution in [-0.4, -0.2) is 39.5 Å². The lowest BCUT2D eigenvalue weighted by Crippen LogP contribution is -2.48. The molecule has 2 aliphatic heterocycles. The number of carbonyl (C=O) groups is 1. The van der Waals surface area contributed by atoms with E-state index in [-0.39, 0.29) is 23.6 Å². The number of fused-ring (bicyclic) bond motifs is 1. The van der Waals surface area contributed by atoms with Crippen LogP contribution in [0.1, 0.15) is 50.3 Å². The molecule has 26 heavy (non-hydrogen) atoms. The summed E-state index contributed by atoms with van der Waals surface area (Å²) in [4.78, 5) is 16.6. The second-order valence-corrected chi connectivity index (χ2v) is 7.19. The Bertz CT molecular complexity index is 756. The minimum atomic E-state index is -0.248. The summed E-state index contributed by atoms with van der Waals surface area (Å²) in [6.45, 7) is 3.37. The average Bonchev–Trinajstić information content (AvgIpc) is 3.17. The number of aromatic nitrogens is 3. The van der Waals surface area contributed by atoms with E-state index in [4.69, 9.17) is 9.47 Å². The molecule has 0 radical (unpaired) electrons. The second-order valence-electron chi connectivity index (χ2n) is 7.19. The van der Waals surface area contributed by atoms with Crippen molar-refractivity contribution in [3.63, 3.8) is 0 Å². The van der Waals surface area contributed by atoms with Crippen molar-refractivity contribution in [3.8, 4) is 5.75 Å². The quantitative estimate of drug-likeness (QED) is 0.910. The first-order valence-corrected chi connectivity index (χ1v) is 9.14. The molecule has 1 fully saturated rings. The van der Waals surface area contributed by atoms with Crippen LogP contribution in [0.2, 0.25) is 0 Å². The minimum absolute atomic E-state index is 0.0110. The normalized spacial score (nSPS) is 22.3. The molecule has 3 heterocycles. The van der Waals surface area contributed by atoms with Gasteiger partial charge in [-0.2, -0.15) is 5.10 Å². The van der Waals surface area contributed by atoms with Gasteiger partial charge in [-0.25, -0.2) is 9.67 Å². The Balaban J connectivity index is 1.50. The molecule has 1 saturated heterocycles. The highest BCUT2D eigenvalue weighted by Crippen LogP contribution is 2.43. The van der Waals surface area contributed by atoms with E-state index in [9.17, 15) is 4.79 Å². The summed E-state index contributed by atoms with van der Waals surface area (Å²) in [5, 5.41) is 7.33. The van der Waals surface area contributed by atoms with Gasteiger partial charge < -0.3 is 14.8 Å². The molecule has 2 atom stereocenters. The Morgan fingerprint density at radius 3 is 2.96 bits per heavy atom. The average molecular weight is 356 g/mol. The Kier molecular flexibility index (Phi) is 4.63. The minimum Gasteiger partial charge on any atom is -0.487 e. The van der Waals surface area contributed by atoms with Crippen LogP contribution in [0.4, 0.5) is 0 Å². The van der Waals surface area contributed by atoms with E-state index < -0.39 is 0 Å². The van der Waals surface area contributed by atoms with Crippen LogP contribution in [0.3, 0.4) is 0 Å². The lowest BCUT2D eigenvalue weighted by Gasteiger charge is -2.44. The molecule has 7 heteroatoms. The number of amides is 1. The van der Waals surface area contributed by atoms with E-state index >= 15 is 0 Å². The van der Waals surface area contributed by atoms with Gasteiger partial charge in [0, 0.05) is 31.2 Å². The molecule has 138 valence electrons. The van der Waals surface area contributed by atoms with Crippen molar-refractivity contribution in [2.45, 2.75) is 50.3 Å². The van der Waals surface area contributed by atoms with Crippen LogP contribution in [0, 0.1) is 0 Å². The predicted octanol–water partition coefficient (Wildman–Crippen LogP) is 2.42. The van der Waals surface area contributed by atoms with Gasteiger partial charge in [0.15, 0.2) is 0 Å². The van der Waals surface area contributed by atoms with E-state index in [1.807, 2.05) is 31.2 Å². The molecule has 1 aromatic heterocycles. The second kappa shape index (κ2) is 7.07. The van der Waals surface area contributed by atoms with Crippen LogP contribution in [0.15, 0.2) is 36.9 Å². The van der Waals surface area contributed by atoms with E-state index in [1.165, 1.54) is 6.33 Å². The molecule has 1 aromatic carbocycles. The molecular weight excluding hydrogens is 332 g/mol. The third-order valence-corrected chi connectivity index (χ3v) is 5.31. The molecule has 1 spiro atoms. The molecule has 4 rings (SSSR count). The van der Waals surface area contributed by atoms with Gasteiger partial charge in [0.05, 0.1) is 25.3 Å². The first kappa shape index (κ1) is 17.0.